The summed E-state index contributed by atoms with van der Waals surface area (Å²) in [5.74, 6) is 0. The van der Waals surface area contributed by atoms with Gasteiger partial charge in [0.15, 0.2) is 0 Å². The van der Waals surface area contributed by atoms with Gasteiger partial charge in [0.25, 0.3) is 0 Å². The smallest absolute Gasteiger partial charge is 0.0991 e. The maximum atomic E-state index is 9.58. The number of nitrogens with zero attached hydrogens (tertiary/aromatic N) is 3. The molecule has 0 unspecified atom stereocenters. The van der Waals surface area contributed by atoms with Crippen molar-refractivity contribution in [3.63, 3.8) is 0 Å². The van der Waals surface area contributed by atoms with E-state index >= 15 is 0 Å². The average Bonchev–Trinajstić information content (AvgIpc) is 3.55. The molecule has 0 fully saturated rings. The summed E-state index contributed by atoms with van der Waals surface area (Å²) in [5.41, 5.74) is 12.6. The predicted octanol–water partition coefficient (Wildman–Crippen LogP) is 11.0. The Hall–Kier alpha value is -5.85. The Balaban J connectivity index is 1.33. The number of nitriles is 1. The summed E-state index contributed by atoms with van der Waals surface area (Å²) >= 11 is 0. The lowest BCUT2D eigenvalue weighted by atomic mass is 9.82. The standard InChI is InChI=1S/C42H29N3/c1-42(2)35-13-7-6-12-32(35)33-22-20-31(25-36(33)42)44(30-18-15-27(26-43)16-19-30)37-23-24-39-41-34(37)21-17-28-9-8-14-38(40(28)41)45(39)29-10-4-3-5-11-29/h3-25H,1-2H3. The minimum Gasteiger partial charge on any atom is -0.310 e. The van der Waals surface area contributed by atoms with Crippen molar-refractivity contribution < 1.29 is 0 Å². The van der Waals surface area contributed by atoms with Crippen LogP contribution in [0.1, 0.15) is 30.5 Å². The predicted molar refractivity (Wildman–Crippen MR) is 186 cm³/mol. The van der Waals surface area contributed by atoms with Gasteiger partial charge in [-0.2, -0.15) is 5.26 Å². The molecule has 1 aliphatic rings. The summed E-state index contributed by atoms with van der Waals surface area (Å²) in [6.07, 6.45) is 0. The molecule has 0 saturated heterocycles. The van der Waals surface area contributed by atoms with Gasteiger partial charge in [-0.3, -0.25) is 0 Å². The zero-order valence-electron chi connectivity index (χ0n) is 25.1. The summed E-state index contributed by atoms with van der Waals surface area (Å²) in [6, 6.07) is 52.2. The van der Waals surface area contributed by atoms with Gasteiger partial charge in [0.05, 0.1) is 28.4 Å². The molecule has 0 aliphatic heterocycles. The molecule has 1 heterocycles. The number of benzene rings is 7. The number of hydrogen-bond acceptors (Lipinski definition) is 2. The van der Waals surface area contributed by atoms with Gasteiger partial charge in [-0.25, -0.2) is 0 Å². The lowest BCUT2D eigenvalue weighted by Crippen LogP contribution is -2.16. The Morgan fingerprint density at radius 3 is 2.16 bits per heavy atom. The molecule has 9 rings (SSSR count). The molecule has 3 heteroatoms. The molecular formula is C42H29N3. The second-order valence-corrected chi connectivity index (χ2v) is 12.5. The lowest BCUT2D eigenvalue weighted by molar-refractivity contribution is 0.660. The van der Waals surface area contributed by atoms with Crippen LogP contribution in [0.25, 0.3) is 49.4 Å². The largest absolute Gasteiger partial charge is 0.310 e. The second-order valence-electron chi connectivity index (χ2n) is 12.5. The van der Waals surface area contributed by atoms with Crippen molar-refractivity contribution in [3.05, 3.63) is 156 Å². The van der Waals surface area contributed by atoms with E-state index in [-0.39, 0.29) is 5.41 Å². The number of rotatable bonds is 4. The molecule has 0 amide bonds. The molecule has 45 heavy (non-hydrogen) atoms. The fourth-order valence-electron chi connectivity index (χ4n) is 7.67. The van der Waals surface area contributed by atoms with Gasteiger partial charge < -0.3 is 9.47 Å². The van der Waals surface area contributed by atoms with Gasteiger partial charge in [-0.15, -0.1) is 0 Å². The van der Waals surface area contributed by atoms with E-state index in [1.54, 1.807) is 0 Å². The Morgan fingerprint density at radius 1 is 0.600 bits per heavy atom. The molecule has 0 radical (unpaired) electrons. The van der Waals surface area contributed by atoms with E-state index in [0.717, 1.165) is 22.7 Å². The van der Waals surface area contributed by atoms with Crippen LogP contribution >= 0.6 is 0 Å². The van der Waals surface area contributed by atoms with Crippen molar-refractivity contribution >= 4 is 49.6 Å². The molecule has 1 aliphatic carbocycles. The van der Waals surface area contributed by atoms with Crippen molar-refractivity contribution in [1.82, 2.24) is 4.57 Å². The summed E-state index contributed by atoms with van der Waals surface area (Å²) in [6.45, 7) is 4.65. The topological polar surface area (TPSA) is 32.0 Å². The van der Waals surface area contributed by atoms with Gasteiger partial charge >= 0.3 is 0 Å². The number of fused-ring (bicyclic) bond motifs is 3. The first-order valence-corrected chi connectivity index (χ1v) is 15.4. The van der Waals surface area contributed by atoms with Crippen LogP contribution in [0.3, 0.4) is 0 Å². The molecular weight excluding hydrogens is 546 g/mol. The van der Waals surface area contributed by atoms with Gasteiger partial charge in [0, 0.05) is 38.6 Å². The highest BCUT2D eigenvalue weighted by Crippen LogP contribution is 2.51. The zero-order valence-corrected chi connectivity index (χ0v) is 25.1. The molecule has 1 aromatic heterocycles. The highest BCUT2D eigenvalue weighted by atomic mass is 15.1. The third kappa shape index (κ3) is 3.57. The van der Waals surface area contributed by atoms with E-state index in [0.29, 0.717) is 5.56 Å². The van der Waals surface area contributed by atoms with Crippen LogP contribution in [0.5, 0.6) is 0 Å². The summed E-state index contributed by atoms with van der Waals surface area (Å²) < 4.78 is 2.38. The van der Waals surface area contributed by atoms with Crippen LogP contribution in [0.4, 0.5) is 17.1 Å². The monoisotopic (exact) mass is 575 g/mol. The van der Waals surface area contributed by atoms with Crippen LogP contribution in [-0.4, -0.2) is 4.57 Å². The van der Waals surface area contributed by atoms with Crippen LogP contribution in [0, 0.1) is 11.3 Å². The summed E-state index contributed by atoms with van der Waals surface area (Å²) in [5, 5.41) is 14.5. The minimum atomic E-state index is -0.117. The summed E-state index contributed by atoms with van der Waals surface area (Å²) in [7, 11) is 0. The van der Waals surface area contributed by atoms with Crippen molar-refractivity contribution in [2.45, 2.75) is 19.3 Å². The Kier molecular flexibility index (Phi) is 5.31. The number of aromatic nitrogens is 1. The number of anilines is 3. The van der Waals surface area contributed by atoms with E-state index < -0.39 is 0 Å². The first-order valence-electron chi connectivity index (χ1n) is 15.4. The van der Waals surface area contributed by atoms with E-state index in [1.807, 2.05) is 12.1 Å². The zero-order chi connectivity index (χ0) is 30.3. The quantitative estimate of drug-likeness (QED) is 0.196. The molecule has 3 nitrogen and oxygen atoms in total. The van der Waals surface area contributed by atoms with Gasteiger partial charge in [-0.1, -0.05) is 86.6 Å². The first kappa shape index (κ1) is 25.6. The van der Waals surface area contributed by atoms with Gasteiger partial charge in [0.1, 0.15) is 0 Å². The highest BCUT2D eigenvalue weighted by Gasteiger charge is 2.36. The van der Waals surface area contributed by atoms with Crippen molar-refractivity contribution in [2.24, 2.45) is 0 Å². The van der Waals surface area contributed by atoms with Crippen LogP contribution in [-0.2, 0) is 5.41 Å². The van der Waals surface area contributed by atoms with Crippen molar-refractivity contribution in [1.29, 1.82) is 5.26 Å². The Labute approximate surface area is 262 Å². The van der Waals surface area contributed by atoms with E-state index in [1.165, 1.54) is 54.8 Å². The molecule has 0 N–H and O–H groups in total. The molecule has 0 bridgehead atoms. The third-order valence-corrected chi connectivity index (χ3v) is 9.77. The Bertz CT molecular complexity index is 2460. The number of para-hydroxylation sites is 1. The molecule has 0 spiro atoms. The average molecular weight is 576 g/mol. The van der Waals surface area contributed by atoms with Crippen molar-refractivity contribution in [3.8, 4) is 22.9 Å². The van der Waals surface area contributed by atoms with Crippen LogP contribution < -0.4 is 4.90 Å². The SMILES string of the molecule is CC1(C)c2ccccc2-c2ccc(N(c3ccc(C#N)cc3)c3ccc4c5c3ccc3cccc(c35)n4-c3ccccc3)cc21. The van der Waals surface area contributed by atoms with Gasteiger partial charge in [-0.05, 0) is 94.4 Å². The molecule has 7 aromatic carbocycles. The first-order chi connectivity index (χ1) is 22.0. The molecule has 0 atom stereocenters. The third-order valence-electron chi connectivity index (χ3n) is 9.77. The second kappa shape index (κ2) is 9.32. The van der Waals surface area contributed by atoms with Crippen molar-refractivity contribution in [2.75, 3.05) is 4.90 Å². The normalized spacial score (nSPS) is 13.3. The van der Waals surface area contributed by atoms with Crippen LogP contribution in [0.15, 0.2) is 140 Å². The highest BCUT2D eigenvalue weighted by molar-refractivity contribution is 6.26. The van der Waals surface area contributed by atoms with Gasteiger partial charge in [0.2, 0.25) is 0 Å². The maximum absolute atomic E-state index is 9.58. The van der Waals surface area contributed by atoms with E-state index in [9.17, 15) is 5.26 Å². The van der Waals surface area contributed by atoms with Crippen LogP contribution in [0.2, 0.25) is 0 Å². The Morgan fingerprint density at radius 2 is 1.33 bits per heavy atom. The molecule has 0 saturated carbocycles. The van der Waals surface area contributed by atoms with E-state index in [2.05, 4.69) is 157 Å². The van der Waals surface area contributed by atoms with E-state index in [4.69, 9.17) is 0 Å². The lowest BCUT2D eigenvalue weighted by Gasteiger charge is -2.29. The minimum absolute atomic E-state index is 0.117. The molecule has 8 aromatic rings. The molecule has 212 valence electrons. The number of hydrogen-bond donors (Lipinski definition) is 0. The maximum Gasteiger partial charge on any atom is 0.0991 e. The summed E-state index contributed by atoms with van der Waals surface area (Å²) in [4.78, 5) is 2.36. The fraction of sp³-hybridized carbons (Fsp3) is 0.0714. The fourth-order valence-corrected chi connectivity index (χ4v) is 7.67.